The molecular weight excluding hydrogens is 260 g/mol. The van der Waals surface area contributed by atoms with Crippen LogP contribution in [-0.2, 0) is 11.2 Å². The molecule has 19 heavy (non-hydrogen) atoms. The Labute approximate surface area is 120 Å². The standard InChI is InChI=1S/C15H23ClN2O/c1-3-12(17)9-13-14(16)5-4-6-15(13)18-7-8-19-10-11(18)2/h4-6,11-12H,3,7-10,17H2,1-2H3. The molecule has 0 bridgehead atoms. The molecule has 0 amide bonds. The van der Waals surface area contributed by atoms with E-state index in [4.69, 9.17) is 22.1 Å². The van der Waals surface area contributed by atoms with Gasteiger partial charge in [0.15, 0.2) is 0 Å². The molecule has 2 N–H and O–H groups in total. The summed E-state index contributed by atoms with van der Waals surface area (Å²) in [6.45, 7) is 6.75. The summed E-state index contributed by atoms with van der Waals surface area (Å²) in [5.41, 5.74) is 8.49. The van der Waals surface area contributed by atoms with Gasteiger partial charge in [-0.1, -0.05) is 24.6 Å². The lowest BCUT2D eigenvalue weighted by molar-refractivity contribution is 0.0988. The molecule has 0 aromatic heterocycles. The lowest BCUT2D eigenvalue weighted by Gasteiger charge is -2.37. The van der Waals surface area contributed by atoms with E-state index < -0.39 is 0 Å². The van der Waals surface area contributed by atoms with Crippen molar-refractivity contribution in [1.29, 1.82) is 0 Å². The lowest BCUT2D eigenvalue weighted by Crippen LogP contribution is -2.44. The number of ether oxygens (including phenoxy) is 1. The van der Waals surface area contributed by atoms with Crippen molar-refractivity contribution in [2.75, 3.05) is 24.7 Å². The van der Waals surface area contributed by atoms with Gasteiger partial charge in [0.2, 0.25) is 0 Å². The van der Waals surface area contributed by atoms with Crippen molar-refractivity contribution in [3.8, 4) is 0 Å². The van der Waals surface area contributed by atoms with Crippen LogP contribution in [0.2, 0.25) is 5.02 Å². The van der Waals surface area contributed by atoms with Crippen LogP contribution in [0.4, 0.5) is 5.69 Å². The van der Waals surface area contributed by atoms with Gasteiger partial charge in [0, 0.05) is 29.3 Å². The first kappa shape index (κ1) is 14.6. The Balaban J connectivity index is 2.30. The minimum Gasteiger partial charge on any atom is -0.377 e. The number of benzene rings is 1. The molecule has 1 fully saturated rings. The molecule has 2 atom stereocenters. The molecule has 0 radical (unpaired) electrons. The summed E-state index contributed by atoms with van der Waals surface area (Å²) in [5.74, 6) is 0. The number of nitrogens with zero attached hydrogens (tertiary/aromatic N) is 1. The summed E-state index contributed by atoms with van der Waals surface area (Å²) in [4.78, 5) is 2.38. The van der Waals surface area contributed by atoms with Gasteiger partial charge in [0.05, 0.1) is 13.2 Å². The first-order valence-corrected chi connectivity index (χ1v) is 7.38. The maximum atomic E-state index is 6.38. The minimum atomic E-state index is 0.162. The van der Waals surface area contributed by atoms with Crippen molar-refractivity contribution in [3.63, 3.8) is 0 Å². The van der Waals surface area contributed by atoms with E-state index in [-0.39, 0.29) is 6.04 Å². The van der Waals surface area contributed by atoms with Gasteiger partial charge in [-0.15, -0.1) is 0 Å². The average molecular weight is 283 g/mol. The third-order valence-corrected chi connectivity index (χ3v) is 4.12. The van der Waals surface area contributed by atoms with Crippen molar-refractivity contribution in [2.45, 2.75) is 38.8 Å². The maximum absolute atomic E-state index is 6.38. The number of hydrogen-bond acceptors (Lipinski definition) is 3. The highest BCUT2D eigenvalue weighted by atomic mass is 35.5. The molecule has 0 aliphatic carbocycles. The van der Waals surface area contributed by atoms with Crippen molar-refractivity contribution in [2.24, 2.45) is 5.73 Å². The molecular formula is C15H23ClN2O. The van der Waals surface area contributed by atoms with Gasteiger partial charge in [0.1, 0.15) is 0 Å². The third-order valence-electron chi connectivity index (χ3n) is 3.76. The molecule has 106 valence electrons. The SMILES string of the molecule is CCC(N)Cc1c(Cl)cccc1N1CCOCC1C. The second-order valence-corrected chi connectivity index (χ2v) is 5.63. The second kappa shape index (κ2) is 6.60. The van der Waals surface area contributed by atoms with E-state index in [0.29, 0.717) is 6.04 Å². The van der Waals surface area contributed by atoms with Crippen molar-refractivity contribution >= 4 is 17.3 Å². The smallest absolute Gasteiger partial charge is 0.0668 e. The number of anilines is 1. The average Bonchev–Trinajstić information content (AvgIpc) is 2.41. The predicted octanol–water partition coefficient (Wildman–Crippen LogP) is 2.84. The van der Waals surface area contributed by atoms with Crippen molar-refractivity contribution in [3.05, 3.63) is 28.8 Å². The minimum absolute atomic E-state index is 0.162. The number of hydrogen-bond donors (Lipinski definition) is 1. The quantitative estimate of drug-likeness (QED) is 0.923. The summed E-state index contributed by atoms with van der Waals surface area (Å²) >= 11 is 6.38. The first-order chi connectivity index (χ1) is 9.13. The van der Waals surface area contributed by atoms with E-state index in [0.717, 1.165) is 37.6 Å². The fourth-order valence-corrected chi connectivity index (χ4v) is 2.76. The highest BCUT2D eigenvalue weighted by Crippen LogP contribution is 2.31. The highest BCUT2D eigenvalue weighted by molar-refractivity contribution is 6.31. The highest BCUT2D eigenvalue weighted by Gasteiger charge is 2.22. The zero-order chi connectivity index (χ0) is 13.8. The summed E-state index contributed by atoms with van der Waals surface area (Å²) < 4.78 is 5.51. The van der Waals surface area contributed by atoms with E-state index in [2.05, 4.69) is 24.8 Å². The maximum Gasteiger partial charge on any atom is 0.0668 e. The van der Waals surface area contributed by atoms with E-state index in [1.54, 1.807) is 0 Å². The largest absolute Gasteiger partial charge is 0.377 e. The van der Waals surface area contributed by atoms with Crippen LogP contribution in [-0.4, -0.2) is 31.8 Å². The summed E-state index contributed by atoms with van der Waals surface area (Å²) in [6, 6.07) is 6.65. The van der Waals surface area contributed by atoms with Crippen LogP contribution >= 0.6 is 11.6 Å². The Morgan fingerprint density at radius 2 is 2.32 bits per heavy atom. The molecule has 1 aliphatic heterocycles. The van der Waals surface area contributed by atoms with Crippen LogP contribution in [0.25, 0.3) is 0 Å². The van der Waals surface area contributed by atoms with Crippen LogP contribution in [0.3, 0.4) is 0 Å². The van der Waals surface area contributed by atoms with E-state index >= 15 is 0 Å². The molecule has 1 heterocycles. The van der Waals surface area contributed by atoms with Gasteiger partial charge in [-0.3, -0.25) is 0 Å². The van der Waals surface area contributed by atoms with Gasteiger partial charge in [-0.25, -0.2) is 0 Å². The van der Waals surface area contributed by atoms with E-state index in [9.17, 15) is 0 Å². The zero-order valence-electron chi connectivity index (χ0n) is 11.7. The third kappa shape index (κ3) is 3.41. The summed E-state index contributed by atoms with van der Waals surface area (Å²) in [7, 11) is 0. The van der Waals surface area contributed by atoms with Crippen LogP contribution in [0.5, 0.6) is 0 Å². The molecule has 1 aliphatic rings. The molecule has 4 heteroatoms. The molecule has 3 nitrogen and oxygen atoms in total. The Morgan fingerprint density at radius 3 is 3.00 bits per heavy atom. The molecule has 2 rings (SSSR count). The topological polar surface area (TPSA) is 38.5 Å². The fourth-order valence-electron chi connectivity index (χ4n) is 2.51. The van der Waals surface area contributed by atoms with Gasteiger partial charge >= 0.3 is 0 Å². The van der Waals surface area contributed by atoms with E-state index in [1.165, 1.54) is 11.3 Å². The van der Waals surface area contributed by atoms with Crippen LogP contribution < -0.4 is 10.6 Å². The Kier molecular flexibility index (Phi) is 5.08. The number of morpholine rings is 1. The number of halogens is 1. The van der Waals surface area contributed by atoms with Crippen molar-refractivity contribution < 1.29 is 4.74 Å². The number of rotatable bonds is 4. The molecule has 0 spiro atoms. The van der Waals surface area contributed by atoms with E-state index in [1.807, 2.05) is 12.1 Å². The first-order valence-electron chi connectivity index (χ1n) is 7.00. The van der Waals surface area contributed by atoms with Gasteiger partial charge in [-0.05, 0) is 37.5 Å². The van der Waals surface area contributed by atoms with Gasteiger partial charge in [0.25, 0.3) is 0 Å². The molecule has 1 aromatic carbocycles. The summed E-state index contributed by atoms with van der Waals surface area (Å²) in [5, 5.41) is 0.820. The molecule has 0 saturated carbocycles. The molecule has 1 aromatic rings. The predicted molar refractivity (Wildman–Crippen MR) is 81.0 cm³/mol. The Bertz CT molecular complexity index is 425. The zero-order valence-corrected chi connectivity index (χ0v) is 12.5. The Hall–Kier alpha value is -0.770. The monoisotopic (exact) mass is 282 g/mol. The molecule has 2 unspecified atom stereocenters. The fraction of sp³-hybridized carbons (Fsp3) is 0.600. The van der Waals surface area contributed by atoms with Gasteiger partial charge < -0.3 is 15.4 Å². The number of nitrogens with two attached hydrogens (primary N) is 1. The van der Waals surface area contributed by atoms with Crippen LogP contribution in [0.1, 0.15) is 25.8 Å². The van der Waals surface area contributed by atoms with Gasteiger partial charge in [-0.2, -0.15) is 0 Å². The van der Waals surface area contributed by atoms with Crippen molar-refractivity contribution in [1.82, 2.24) is 0 Å². The summed E-state index contributed by atoms with van der Waals surface area (Å²) in [6.07, 6.45) is 1.79. The lowest BCUT2D eigenvalue weighted by atomic mass is 10.0. The normalized spacial score (nSPS) is 21.5. The Morgan fingerprint density at radius 1 is 1.53 bits per heavy atom. The molecule has 1 saturated heterocycles. The van der Waals surface area contributed by atoms with Crippen LogP contribution in [0.15, 0.2) is 18.2 Å². The van der Waals surface area contributed by atoms with Crippen LogP contribution in [0, 0.1) is 0 Å². The second-order valence-electron chi connectivity index (χ2n) is 5.23.